The normalized spacial score (nSPS) is 12.6. The van der Waals surface area contributed by atoms with Crippen molar-refractivity contribution in [1.82, 2.24) is 0 Å². The molecule has 1 atom stereocenters. The molecule has 1 N–H and O–H groups in total. The van der Waals surface area contributed by atoms with Crippen LogP contribution in [0.15, 0.2) is 60.7 Å². The van der Waals surface area contributed by atoms with Crippen LogP contribution >= 0.6 is 7.92 Å². The maximum atomic E-state index is 9.64. The number of rotatable bonds is 5. The minimum absolute atomic E-state index is 0.256. The summed E-state index contributed by atoms with van der Waals surface area (Å²) in [6.45, 7) is 2.41. The summed E-state index contributed by atoms with van der Waals surface area (Å²) < 4.78 is 0. The summed E-state index contributed by atoms with van der Waals surface area (Å²) in [5.74, 6) is 0. The summed E-state index contributed by atoms with van der Waals surface area (Å²) in [5.41, 5.74) is 0.338. The number of aliphatic hydroxyl groups excluding tert-OH is 1. The van der Waals surface area contributed by atoms with Gasteiger partial charge in [-0.25, -0.2) is 0 Å². The Kier molecular flexibility index (Phi) is 4.92. The third kappa shape index (κ3) is 2.98. The molecule has 0 saturated carbocycles. The molecule has 1 unspecified atom stereocenters. The van der Waals surface area contributed by atoms with E-state index in [4.69, 9.17) is 0 Å². The molecular weight excluding hydrogens is 239 g/mol. The minimum atomic E-state index is -0.465. The van der Waals surface area contributed by atoms with Gasteiger partial charge in [-0.1, -0.05) is 67.6 Å². The molecule has 0 saturated heterocycles. The first-order chi connectivity index (χ1) is 8.86. The molecule has 0 amide bonds. The highest BCUT2D eigenvalue weighted by Gasteiger charge is 2.22. The monoisotopic (exact) mass is 258 g/mol. The summed E-state index contributed by atoms with van der Waals surface area (Å²) in [6.07, 6.45) is 1.01. The molecule has 2 aromatic carbocycles. The van der Waals surface area contributed by atoms with Gasteiger partial charge in [0.05, 0.1) is 6.61 Å². The van der Waals surface area contributed by atoms with Crippen LogP contribution in [0.3, 0.4) is 0 Å². The van der Waals surface area contributed by atoms with E-state index in [-0.39, 0.29) is 6.61 Å². The molecule has 0 spiro atoms. The molecule has 0 radical (unpaired) electrons. The smallest absolute Gasteiger partial charge is 0.0504 e. The van der Waals surface area contributed by atoms with Crippen molar-refractivity contribution in [3.8, 4) is 0 Å². The third-order valence-electron chi connectivity index (χ3n) is 3.12. The lowest BCUT2D eigenvalue weighted by Gasteiger charge is -2.26. The van der Waals surface area contributed by atoms with Gasteiger partial charge in [0, 0.05) is 5.66 Å². The van der Waals surface area contributed by atoms with Crippen molar-refractivity contribution in [2.75, 3.05) is 6.61 Å². The summed E-state index contributed by atoms with van der Waals surface area (Å²) in [7, 11) is -0.465. The molecule has 0 heterocycles. The lowest BCUT2D eigenvalue weighted by molar-refractivity contribution is 0.291. The van der Waals surface area contributed by atoms with Crippen molar-refractivity contribution in [2.24, 2.45) is 0 Å². The van der Waals surface area contributed by atoms with Crippen LogP contribution in [0, 0.1) is 0 Å². The number of aliphatic hydroxyl groups is 1. The lowest BCUT2D eigenvalue weighted by atomic mass is 10.3. The van der Waals surface area contributed by atoms with E-state index in [1.54, 1.807) is 0 Å². The highest BCUT2D eigenvalue weighted by Crippen LogP contribution is 2.40. The summed E-state index contributed by atoms with van der Waals surface area (Å²) in [5, 5.41) is 12.3. The number of hydrogen-bond acceptors (Lipinski definition) is 1. The second-order valence-electron chi connectivity index (χ2n) is 4.29. The van der Waals surface area contributed by atoms with E-state index in [0.717, 1.165) is 6.42 Å². The zero-order valence-electron chi connectivity index (χ0n) is 10.7. The van der Waals surface area contributed by atoms with Gasteiger partial charge in [0.2, 0.25) is 0 Å². The van der Waals surface area contributed by atoms with E-state index >= 15 is 0 Å². The Labute approximate surface area is 110 Å². The molecule has 0 aliphatic carbocycles. The van der Waals surface area contributed by atoms with Crippen LogP contribution in [0.4, 0.5) is 0 Å². The fraction of sp³-hybridized carbons (Fsp3) is 0.250. The van der Waals surface area contributed by atoms with Gasteiger partial charge in [-0.2, -0.15) is 0 Å². The molecule has 0 aliphatic heterocycles. The summed E-state index contributed by atoms with van der Waals surface area (Å²) in [6, 6.07) is 21.1. The van der Waals surface area contributed by atoms with E-state index in [0.29, 0.717) is 5.66 Å². The fourth-order valence-electron chi connectivity index (χ4n) is 2.14. The van der Waals surface area contributed by atoms with Crippen molar-refractivity contribution >= 4 is 18.5 Å². The van der Waals surface area contributed by atoms with E-state index < -0.39 is 7.92 Å². The quantitative estimate of drug-likeness (QED) is 0.818. The van der Waals surface area contributed by atoms with E-state index in [2.05, 4.69) is 55.5 Å². The molecule has 2 aromatic rings. The topological polar surface area (TPSA) is 20.2 Å². The van der Waals surface area contributed by atoms with Gasteiger partial charge in [-0.3, -0.25) is 0 Å². The van der Waals surface area contributed by atoms with Crippen LogP contribution < -0.4 is 10.6 Å². The zero-order chi connectivity index (χ0) is 12.8. The molecular formula is C16H19OP. The Morgan fingerprint density at radius 2 is 1.33 bits per heavy atom. The molecule has 0 bridgehead atoms. The second-order valence-corrected chi connectivity index (χ2v) is 6.79. The van der Waals surface area contributed by atoms with Crippen LogP contribution in [0.5, 0.6) is 0 Å². The fourth-order valence-corrected chi connectivity index (χ4v) is 4.80. The average Bonchev–Trinajstić information content (AvgIpc) is 2.46. The van der Waals surface area contributed by atoms with Gasteiger partial charge in [-0.15, -0.1) is 0 Å². The van der Waals surface area contributed by atoms with Gasteiger partial charge in [0.1, 0.15) is 0 Å². The first kappa shape index (κ1) is 13.3. The molecule has 0 aromatic heterocycles. The van der Waals surface area contributed by atoms with Crippen molar-refractivity contribution in [3.05, 3.63) is 60.7 Å². The summed E-state index contributed by atoms with van der Waals surface area (Å²) >= 11 is 0. The van der Waals surface area contributed by atoms with Crippen LogP contribution in [0.25, 0.3) is 0 Å². The Bertz CT molecular complexity index is 412. The third-order valence-corrected chi connectivity index (χ3v) is 6.08. The lowest BCUT2D eigenvalue weighted by Crippen LogP contribution is -2.23. The van der Waals surface area contributed by atoms with E-state index in [9.17, 15) is 5.11 Å². The zero-order valence-corrected chi connectivity index (χ0v) is 11.6. The van der Waals surface area contributed by atoms with Gasteiger partial charge in [-0.05, 0) is 25.0 Å². The maximum Gasteiger partial charge on any atom is 0.0504 e. The summed E-state index contributed by atoms with van der Waals surface area (Å²) in [4.78, 5) is 0. The number of hydrogen-bond donors (Lipinski definition) is 1. The average molecular weight is 258 g/mol. The van der Waals surface area contributed by atoms with E-state index in [1.807, 2.05) is 12.1 Å². The Hall–Kier alpha value is -1.17. The molecule has 2 heteroatoms. The first-order valence-corrected chi connectivity index (χ1v) is 7.78. The molecule has 1 nitrogen and oxygen atoms in total. The molecule has 18 heavy (non-hydrogen) atoms. The van der Waals surface area contributed by atoms with Crippen molar-refractivity contribution in [2.45, 2.75) is 19.0 Å². The van der Waals surface area contributed by atoms with Gasteiger partial charge in [0.25, 0.3) is 0 Å². The highest BCUT2D eigenvalue weighted by molar-refractivity contribution is 7.73. The van der Waals surface area contributed by atoms with Crippen LogP contribution in [0.2, 0.25) is 0 Å². The standard InChI is InChI=1S/C16H19OP/c1-2-14(13-17)18(15-9-5-3-6-10-15)16-11-7-4-8-12-16/h3-12,14,17H,2,13H2,1H3. The predicted octanol–water partition coefficient (Wildman–Crippen LogP) is 2.89. The number of benzene rings is 2. The maximum absolute atomic E-state index is 9.64. The molecule has 0 fully saturated rings. The van der Waals surface area contributed by atoms with Crippen LogP contribution in [-0.2, 0) is 0 Å². The van der Waals surface area contributed by atoms with Crippen molar-refractivity contribution < 1.29 is 5.11 Å². The Morgan fingerprint density at radius 1 is 0.889 bits per heavy atom. The van der Waals surface area contributed by atoms with Crippen LogP contribution in [0.1, 0.15) is 13.3 Å². The van der Waals surface area contributed by atoms with Gasteiger partial charge in [0.15, 0.2) is 0 Å². The van der Waals surface area contributed by atoms with Gasteiger partial charge < -0.3 is 5.11 Å². The molecule has 94 valence electrons. The van der Waals surface area contributed by atoms with Gasteiger partial charge >= 0.3 is 0 Å². The minimum Gasteiger partial charge on any atom is -0.396 e. The molecule has 0 aliphatic rings. The van der Waals surface area contributed by atoms with E-state index in [1.165, 1.54) is 10.6 Å². The Balaban J connectivity index is 2.41. The predicted molar refractivity (Wildman–Crippen MR) is 80.2 cm³/mol. The van der Waals surface area contributed by atoms with Crippen LogP contribution in [-0.4, -0.2) is 17.4 Å². The SMILES string of the molecule is CCC(CO)P(c1ccccc1)c1ccccc1. The first-order valence-electron chi connectivity index (χ1n) is 6.37. The van der Waals surface area contributed by atoms with Crippen molar-refractivity contribution in [3.63, 3.8) is 0 Å². The molecule has 2 rings (SSSR count). The van der Waals surface area contributed by atoms with Crippen molar-refractivity contribution in [1.29, 1.82) is 0 Å². The second kappa shape index (κ2) is 6.68. The highest BCUT2D eigenvalue weighted by atomic mass is 31.1. The largest absolute Gasteiger partial charge is 0.396 e. The Morgan fingerprint density at radius 3 is 1.67 bits per heavy atom.